The van der Waals surface area contributed by atoms with Crippen LogP contribution in [0.15, 0.2) is 16.9 Å². The van der Waals surface area contributed by atoms with E-state index in [1.54, 1.807) is 0 Å². The van der Waals surface area contributed by atoms with Crippen molar-refractivity contribution in [2.24, 2.45) is 5.92 Å². The second-order valence-electron chi connectivity index (χ2n) is 5.50. The van der Waals surface area contributed by atoms with Gasteiger partial charge in [-0.2, -0.15) is 0 Å². The van der Waals surface area contributed by atoms with E-state index in [2.05, 4.69) is 11.9 Å². The highest BCUT2D eigenvalue weighted by Gasteiger charge is 2.24. The molecule has 19 heavy (non-hydrogen) atoms. The van der Waals surface area contributed by atoms with Crippen molar-refractivity contribution in [1.82, 2.24) is 9.55 Å². The standard InChI is InChI=1S/C14H16F2N2O/c1-8-2-4-10(5-3-8)18-12-7-9(15)6-11(16)13(12)17-14(18)19/h6-8,10H,2-5H2,1H3,(H,17,19). The van der Waals surface area contributed by atoms with Crippen molar-refractivity contribution >= 4 is 11.0 Å². The lowest BCUT2D eigenvalue weighted by Crippen LogP contribution is -2.25. The molecule has 0 aliphatic heterocycles. The number of fused-ring (bicyclic) bond motifs is 1. The summed E-state index contributed by atoms with van der Waals surface area (Å²) in [6.45, 7) is 2.19. The fraction of sp³-hybridized carbons (Fsp3) is 0.500. The minimum atomic E-state index is -0.713. The molecule has 5 heteroatoms. The second kappa shape index (κ2) is 4.47. The molecule has 102 valence electrons. The minimum Gasteiger partial charge on any atom is -0.303 e. The van der Waals surface area contributed by atoms with Crippen LogP contribution in [0.25, 0.3) is 11.0 Å². The number of imidazole rings is 1. The van der Waals surface area contributed by atoms with Crippen molar-refractivity contribution in [3.63, 3.8) is 0 Å². The van der Waals surface area contributed by atoms with Crippen molar-refractivity contribution < 1.29 is 8.78 Å². The molecule has 1 aliphatic carbocycles. The second-order valence-corrected chi connectivity index (χ2v) is 5.50. The van der Waals surface area contributed by atoms with Crippen LogP contribution in [0.5, 0.6) is 0 Å². The van der Waals surface area contributed by atoms with Crippen LogP contribution < -0.4 is 5.69 Å². The van der Waals surface area contributed by atoms with E-state index in [1.165, 1.54) is 10.6 Å². The van der Waals surface area contributed by atoms with E-state index < -0.39 is 11.6 Å². The fourth-order valence-corrected chi connectivity index (χ4v) is 3.01. The zero-order valence-electron chi connectivity index (χ0n) is 10.7. The number of H-pyrrole nitrogens is 1. The normalized spacial score (nSPS) is 23.9. The quantitative estimate of drug-likeness (QED) is 0.844. The first-order chi connectivity index (χ1) is 9.06. The van der Waals surface area contributed by atoms with Gasteiger partial charge in [0.25, 0.3) is 0 Å². The Bertz CT molecular complexity index is 666. The van der Waals surface area contributed by atoms with Gasteiger partial charge in [-0.15, -0.1) is 0 Å². The molecule has 1 saturated carbocycles. The van der Waals surface area contributed by atoms with Gasteiger partial charge in [-0.3, -0.25) is 4.57 Å². The van der Waals surface area contributed by atoms with E-state index >= 15 is 0 Å². The Morgan fingerprint density at radius 2 is 1.89 bits per heavy atom. The third kappa shape index (κ3) is 2.07. The van der Waals surface area contributed by atoms with Gasteiger partial charge < -0.3 is 4.98 Å². The van der Waals surface area contributed by atoms with E-state index in [1.807, 2.05) is 0 Å². The van der Waals surface area contributed by atoms with Crippen LogP contribution in [0.1, 0.15) is 38.6 Å². The van der Waals surface area contributed by atoms with E-state index in [0.717, 1.165) is 31.7 Å². The zero-order valence-corrected chi connectivity index (χ0v) is 10.7. The molecule has 0 saturated heterocycles. The van der Waals surface area contributed by atoms with Crippen LogP contribution in [0.2, 0.25) is 0 Å². The lowest BCUT2D eigenvalue weighted by Gasteiger charge is -2.27. The summed E-state index contributed by atoms with van der Waals surface area (Å²) in [4.78, 5) is 14.5. The molecular weight excluding hydrogens is 250 g/mol. The van der Waals surface area contributed by atoms with Gasteiger partial charge in [0.1, 0.15) is 11.3 Å². The molecule has 0 unspecified atom stereocenters. The molecule has 1 heterocycles. The molecule has 3 nitrogen and oxygen atoms in total. The average molecular weight is 266 g/mol. The van der Waals surface area contributed by atoms with E-state index in [9.17, 15) is 13.6 Å². The summed E-state index contributed by atoms with van der Waals surface area (Å²) in [6, 6.07) is 2.07. The maximum Gasteiger partial charge on any atom is 0.326 e. The number of nitrogens with zero attached hydrogens (tertiary/aromatic N) is 1. The largest absolute Gasteiger partial charge is 0.326 e. The Morgan fingerprint density at radius 3 is 2.58 bits per heavy atom. The van der Waals surface area contributed by atoms with Gasteiger partial charge in [-0.25, -0.2) is 13.6 Å². The Kier molecular flexibility index (Phi) is 2.92. The molecule has 0 radical (unpaired) electrons. The highest BCUT2D eigenvalue weighted by atomic mass is 19.1. The van der Waals surface area contributed by atoms with Crippen molar-refractivity contribution in [3.8, 4) is 0 Å². The van der Waals surface area contributed by atoms with E-state index in [-0.39, 0.29) is 17.2 Å². The molecule has 0 amide bonds. The topological polar surface area (TPSA) is 37.8 Å². The molecular formula is C14H16F2N2O. The highest BCUT2D eigenvalue weighted by Crippen LogP contribution is 2.33. The highest BCUT2D eigenvalue weighted by molar-refractivity contribution is 5.76. The number of halogens is 2. The summed E-state index contributed by atoms with van der Waals surface area (Å²) in [5.41, 5.74) is 0.0890. The average Bonchev–Trinajstić information content (AvgIpc) is 2.67. The Balaban J connectivity index is 2.13. The maximum absolute atomic E-state index is 13.6. The van der Waals surface area contributed by atoms with Gasteiger partial charge in [0.05, 0.1) is 5.52 Å². The number of benzene rings is 1. The van der Waals surface area contributed by atoms with Crippen LogP contribution in [0.3, 0.4) is 0 Å². The minimum absolute atomic E-state index is 0.0404. The van der Waals surface area contributed by atoms with E-state index in [0.29, 0.717) is 11.4 Å². The van der Waals surface area contributed by atoms with Crippen LogP contribution in [0, 0.1) is 17.6 Å². The molecule has 1 aromatic heterocycles. The lowest BCUT2D eigenvalue weighted by molar-refractivity contribution is 0.290. The van der Waals surface area contributed by atoms with Gasteiger partial charge in [-0.1, -0.05) is 6.92 Å². The van der Waals surface area contributed by atoms with Crippen molar-refractivity contribution in [2.75, 3.05) is 0 Å². The van der Waals surface area contributed by atoms with Crippen molar-refractivity contribution in [1.29, 1.82) is 0 Å². The SMILES string of the molecule is CC1CCC(n2c(=O)[nH]c3c(F)cc(F)cc32)CC1. The number of hydrogen-bond acceptors (Lipinski definition) is 1. The molecule has 1 N–H and O–H groups in total. The first-order valence-corrected chi connectivity index (χ1v) is 6.65. The molecule has 0 spiro atoms. The van der Waals surface area contributed by atoms with Crippen molar-refractivity contribution in [3.05, 3.63) is 34.3 Å². The molecule has 1 fully saturated rings. The van der Waals surface area contributed by atoms with Gasteiger partial charge in [0.2, 0.25) is 0 Å². The molecule has 0 bridgehead atoms. The predicted octanol–water partition coefficient (Wildman–Crippen LogP) is 3.36. The lowest BCUT2D eigenvalue weighted by atomic mass is 9.87. The summed E-state index contributed by atoms with van der Waals surface area (Å²) in [6.07, 6.45) is 3.85. The van der Waals surface area contributed by atoms with Gasteiger partial charge in [0.15, 0.2) is 5.82 Å². The maximum atomic E-state index is 13.6. The van der Waals surface area contributed by atoms with Crippen LogP contribution in [0.4, 0.5) is 8.78 Å². The summed E-state index contributed by atoms with van der Waals surface area (Å²) in [5.74, 6) is -0.706. The van der Waals surface area contributed by atoms with Crippen LogP contribution >= 0.6 is 0 Å². The Hall–Kier alpha value is -1.65. The molecule has 1 aliphatic rings. The Labute approximate surface area is 109 Å². The third-order valence-corrected chi connectivity index (χ3v) is 4.09. The molecule has 0 atom stereocenters. The first kappa shape index (κ1) is 12.4. The van der Waals surface area contributed by atoms with Crippen LogP contribution in [-0.4, -0.2) is 9.55 Å². The van der Waals surface area contributed by atoms with Crippen LogP contribution in [-0.2, 0) is 0 Å². The first-order valence-electron chi connectivity index (χ1n) is 6.65. The number of nitrogens with one attached hydrogen (secondary N) is 1. The summed E-state index contributed by atoms with van der Waals surface area (Å²) >= 11 is 0. The summed E-state index contributed by atoms with van der Waals surface area (Å²) < 4.78 is 28.5. The monoisotopic (exact) mass is 266 g/mol. The smallest absolute Gasteiger partial charge is 0.303 e. The number of hydrogen-bond donors (Lipinski definition) is 1. The predicted molar refractivity (Wildman–Crippen MR) is 69.1 cm³/mol. The number of aromatic nitrogens is 2. The zero-order chi connectivity index (χ0) is 13.6. The Morgan fingerprint density at radius 1 is 1.21 bits per heavy atom. The number of rotatable bonds is 1. The van der Waals surface area contributed by atoms with E-state index in [4.69, 9.17) is 0 Å². The molecule has 3 rings (SSSR count). The van der Waals surface area contributed by atoms with Gasteiger partial charge in [-0.05, 0) is 31.6 Å². The fourth-order valence-electron chi connectivity index (χ4n) is 3.01. The summed E-state index contributed by atoms with van der Waals surface area (Å²) in [5, 5.41) is 0. The molecule has 2 aromatic rings. The third-order valence-electron chi connectivity index (χ3n) is 4.09. The van der Waals surface area contributed by atoms with Crippen molar-refractivity contribution in [2.45, 2.75) is 38.6 Å². The number of aromatic amines is 1. The summed E-state index contributed by atoms with van der Waals surface area (Å²) in [7, 11) is 0. The van der Waals surface area contributed by atoms with Gasteiger partial charge >= 0.3 is 5.69 Å². The van der Waals surface area contributed by atoms with Gasteiger partial charge in [0, 0.05) is 18.2 Å². The molecule has 1 aromatic carbocycles.